The molecule has 2 aromatic carbocycles. The largest absolute Gasteiger partial charge is 0.294 e. The van der Waals surface area contributed by atoms with E-state index in [1.165, 1.54) is 0 Å². The highest BCUT2D eigenvalue weighted by Crippen LogP contribution is 2.35. The number of aromatic nitrogens is 2. The fraction of sp³-hybridized carbons (Fsp3) is 0.100. The molecule has 0 aliphatic carbocycles. The second kappa shape index (κ2) is 6.58. The molecule has 0 bridgehead atoms. The van der Waals surface area contributed by atoms with E-state index < -0.39 is 0 Å². The molecule has 0 aliphatic rings. The maximum absolute atomic E-state index is 13.1. The third-order valence-electron chi connectivity index (χ3n) is 4.16. The lowest BCUT2D eigenvalue weighted by molar-refractivity contribution is 0.749. The van der Waals surface area contributed by atoms with E-state index in [1.54, 1.807) is 22.2 Å². The average molecular weight is 411 g/mol. The summed E-state index contributed by atoms with van der Waals surface area (Å²) in [7, 11) is 0. The molecule has 0 saturated carbocycles. The summed E-state index contributed by atoms with van der Waals surface area (Å²) in [5.74, 6) is 0. The van der Waals surface area contributed by atoms with Gasteiger partial charge in [-0.1, -0.05) is 58.4 Å². The molecule has 2 aromatic heterocycles. The van der Waals surface area contributed by atoms with Gasteiger partial charge in [0, 0.05) is 14.9 Å². The summed E-state index contributed by atoms with van der Waals surface area (Å²) >= 11 is 5.05. The summed E-state index contributed by atoms with van der Waals surface area (Å²) in [4.78, 5) is 19.6. The van der Waals surface area contributed by atoms with E-state index >= 15 is 0 Å². The van der Waals surface area contributed by atoms with Crippen molar-refractivity contribution in [3.63, 3.8) is 0 Å². The van der Waals surface area contributed by atoms with Gasteiger partial charge in [0.15, 0.2) is 0 Å². The lowest BCUT2D eigenvalue weighted by Crippen LogP contribution is -2.21. The summed E-state index contributed by atoms with van der Waals surface area (Å²) in [6, 6.07) is 18.0. The minimum atomic E-state index is 0.00757. The van der Waals surface area contributed by atoms with Crippen molar-refractivity contribution in [1.82, 2.24) is 9.55 Å². The number of hydrogen-bond donors (Lipinski definition) is 0. The molecule has 0 N–H and O–H groups in total. The number of rotatable bonds is 3. The molecule has 124 valence electrons. The number of aryl methyl sites for hydroxylation is 1. The van der Waals surface area contributed by atoms with Crippen molar-refractivity contribution in [2.24, 2.45) is 0 Å². The fourth-order valence-electron chi connectivity index (χ4n) is 3.03. The second-order valence-corrected chi connectivity index (χ2v) is 8.01. The Bertz CT molecular complexity index is 1120. The minimum Gasteiger partial charge on any atom is -0.294 e. The van der Waals surface area contributed by atoms with E-state index in [-0.39, 0.29) is 5.56 Å². The molecule has 0 fully saturated rings. The molecule has 0 radical (unpaired) electrons. The van der Waals surface area contributed by atoms with E-state index in [9.17, 15) is 4.79 Å². The van der Waals surface area contributed by atoms with Gasteiger partial charge >= 0.3 is 0 Å². The van der Waals surface area contributed by atoms with Crippen molar-refractivity contribution in [3.8, 4) is 11.1 Å². The van der Waals surface area contributed by atoms with Gasteiger partial charge in [-0.05, 0) is 30.2 Å². The van der Waals surface area contributed by atoms with Crippen LogP contribution in [0.25, 0.3) is 21.3 Å². The normalized spacial score (nSPS) is 11.1. The van der Waals surface area contributed by atoms with Crippen molar-refractivity contribution in [2.75, 3.05) is 0 Å². The molecular weight excluding hydrogens is 396 g/mol. The molecule has 3 nitrogen and oxygen atoms in total. The van der Waals surface area contributed by atoms with Crippen LogP contribution in [0.3, 0.4) is 0 Å². The van der Waals surface area contributed by atoms with E-state index in [2.05, 4.69) is 20.9 Å². The number of benzene rings is 2. The van der Waals surface area contributed by atoms with Crippen LogP contribution in [0.15, 0.2) is 70.2 Å². The Balaban J connectivity index is 1.89. The van der Waals surface area contributed by atoms with Crippen molar-refractivity contribution in [2.45, 2.75) is 13.5 Å². The van der Waals surface area contributed by atoms with Crippen LogP contribution in [-0.2, 0) is 6.54 Å². The van der Waals surface area contributed by atoms with Crippen molar-refractivity contribution < 1.29 is 0 Å². The Morgan fingerprint density at radius 3 is 2.68 bits per heavy atom. The maximum atomic E-state index is 13.1. The van der Waals surface area contributed by atoms with Gasteiger partial charge in [0.1, 0.15) is 4.83 Å². The topological polar surface area (TPSA) is 34.9 Å². The van der Waals surface area contributed by atoms with E-state index in [4.69, 9.17) is 0 Å². The lowest BCUT2D eigenvalue weighted by Gasteiger charge is -2.07. The van der Waals surface area contributed by atoms with Crippen molar-refractivity contribution >= 4 is 37.5 Å². The Labute approximate surface area is 157 Å². The summed E-state index contributed by atoms with van der Waals surface area (Å²) in [6.45, 7) is 2.55. The zero-order valence-corrected chi connectivity index (χ0v) is 16.0. The monoisotopic (exact) mass is 410 g/mol. The van der Waals surface area contributed by atoms with Crippen LogP contribution in [0.4, 0.5) is 0 Å². The van der Waals surface area contributed by atoms with Crippen LogP contribution in [0.5, 0.6) is 0 Å². The Morgan fingerprint density at radius 1 is 1.12 bits per heavy atom. The molecular formula is C20H15BrN2OS. The highest BCUT2D eigenvalue weighted by Gasteiger charge is 2.16. The van der Waals surface area contributed by atoms with Crippen LogP contribution in [0.2, 0.25) is 0 Å². The summed E-state index contributed by atoms with van der Waals surface area (Å²) in [6.07, 6.45) is 1.65. The van der Waals surface area contributed by atoms with Crippen LogP contribution in [-0.4, -0.2) is 9.55 Å². The first kappa shape index (κ1) is 16.2. The third-order valence-corrected chi connectivity index (χ3v) is 5.67. The van der Waals surface area contributed by atoms with Gasteiger partial charge in [-0.2, -0.15) is 0 Å². The molecule has 25 heavy (non-hydrogen) atoms. The molecule has 0 aliphatic heterocycles. The SMILES string of the molecule is Cc1sc2ncn(Cc3cccc(Br)c3)c(=O)c2c1-c1ccccc1. The fourth-order valence-corrected chi connectivity index (χ4v) is 4.48. The van der Waals surface area contributed by atoms with Gasteiger partial charge in [0.05, 0.1) is 18.3 Å². The molecule has 0 atom stereocenters. The van der Waals surface area contributed by atoms with E-state index in [0.29, 0.717) is 11.9 Å². The first-order valence-electron chi connectivity index (χ1n) is 7.92. The van der Waals surface area contributed by atoms with Crippen molar-refractivity contribution in [3.05, 3.63) is 86.2 Å². The van der Waals surface area contributed by atoms with Crippen LogP contribution in [0.1, 0.15) is 10.4 Å². The van der Waals surface area contributed by atoms with Crippen LogP contribution < -0.4 is 5.56 Å². The number of halogens is 1. The molecule has 0 spiro atoms. The van der Waals surface area contributed by atoms with Gasteiger partial charge in [0.2, 0.25) is 0 Å². The lowest BCUT2D eigenvalue weighted by atomic mass is 10.0. The highest BCUT2D eigenvalue weighted by molar-refractivity contribution is 9.10. The smallest absolute Gasteiger partial charge is 0.263 e. The first-order chi connectivity index (χ1) is 12.1. The number of hydrogen-bond acceptors (Lipinski definition) is 3. The summed E-state index contributed by atoms with van der Waals surface area (Å²) in [5.41, 5.74) is 3.13. The quantitative estimate of drug-likeness (QED) is 0.462. The molecule has 5 heteroatoms. The number of thiophene rings is 1. The Hall–Kier alpha value is -2.24. The Morgan fingerprint density at radius 2 is 1.92 bits per heavy atom. The van der Waals surface area contributed by atoms with Crippen LogP contribution in [0, 0.1) is 6.92 Å². The predicted molar refractivity (Wildman–Crippen MR) is 107 cm³/mol. The van der Waals surface area contributed by atoms with Gasteiger partial charge in [-0.25, -0.2) is 4.98 Å². The zero-order valence-electron chi connectivity index (χ0n) is 13.6. The van der Waals surface area contributed by atoms with E-state index in [1.807, 2.05) is 61.5 Å². The first-order valence-corrected chi connectivity index (χ1v) is 9.53. The van der Waals surface area contributed by atoms with Crippen LogP contribution >= 0.6 is 27.3 Å². The molecule has 4 aromatic rings. The molecule has 0 saturated heterocycles. The predicted octanol–water partition coefficient (Wildman–Crippen LogP) is 5.24. The molecule has 0 amide bonds. The standard InChI is InChI=1S/C20H15BrN2OS/c1-13-17(15-7-3-2-4-8-15)18-19(25-13)22-12-23(20(18)24)11-14-6-5-9-16(21)10-14/h2-10,12H,11H2,1H3. The zero-order chi connectivity index (χ0) is 17.4. The van der Waals surface area contributed by atoms with Gasteiger partial charge in [-0.15, -0.1) is 11.3 Å². The highest BCUT2D eigenvalue weighted by atomic mass is 79.9. The summed E-state index contributed by atoms with van der Waals surface area (Å²) in [5, 5.41) is 0.714. The number of fused-ring (bicyclic) bond motifs is 1. The third kappa shape index (κ3) is 3.05. The Kier molecular flexibility index (Phi) is 4.27. The minimum absolute atomic E-state index is 0.00757. The van der Waals surface area contributed by atoms with Gasteiger partial charge in [-0.3, -0.25) is 9.36 Å². The van der Waals surface area contributed by atoms with E-state index in [0.717, 1.165) is 30.9 Å². The molecule has 2 heterocycles. The summed E-state index contributed by atoms with van der Waals surface area (Å²) < 4.78 is 2.69. The molecule has 4 rings (SSSR count). The van der Waals surface area contributed by atoms with Crippen molar-refractivity contribution in [1.29, 1.82) is 0 Å². The molecule has 0 unspecified atom stereocenters. The maximum Gasteiger partial charge on any atom is 0.263 e. The number of nitrogens with zero attached hydrogens (tertiary/aromatic N) is 2. The van der Waals surface area contributed by atoms with Gasteiger partial charge < -0.3 is 0 Å². The second-order valence-electron chi connectivity index (χ2n) is 5.89. The average Bonchev–Trinajstić information content (AvgIpc) is 2.95. The van der Waals surface area contributed by atoms with Gasteiger partial charge in [0.25, 0.3) is 5.56 Å².